The Kier molecular flexibility index (Phi) is 4.42. The first-order valence-electron chi connectivity index (χ1n) is 6.75. The Morgan fingerprint density at radius 1 is 1.24 bits per heavy atom. The molecule has 0 unspecified atom stereocenters. The number of likely N-dealkylation sites (N-methyl/N-ethyl adjacent to an activating group) is 1. The summed E-state index contributed by atoms with van der Waals surface area (Å²) in [5.74, 6) is -1.54. The molecule has 112 valence electrons. The van der Waals surface area contributed by atoms with Gasteiger partial charge in [0.05, 0.1) is 0 Å². The highest BCUT2D eigenvalue weighted by Gasteiger charge is 2.32. The Labute approximate surface area is 122 Å². The van der Waals surface area contributed by atoms with E-state index in [4.69, 9.17) is 5.73 Å². The molecule has 21 heavy (non-hydrogen) atoms. The zero-order valence-electron chi connectivity index (χ0n) is 11.8. The predicted molar refractivity (Wildman–Crippen MR) is 78.3 cm³/mol. The molecule has 0 radical (unpaired) electrons. The molecule has 3 N–H and O–H groups in total. The first-order valence-corrected chi connectivity index (χ1v) is 6.75. The first kappa shape index (κ1) is 14.8. The molecule has 1 saturated heterocycles. The van der Waals surface area contributed by atoms with Gasteiger partial charge < -0.3 is 20.9 Å². The monoisotopic (exact) mass is 290 g/mol. The van der Waals surface area contributed by atoms with E-state index in [9.17, 15) is 14.4 Å². The van der Waals surface area contributed by atoms with Crippen LogP contribution in [0.5, 0.6) is 0 Å². The summed E-state index contributed by atoms with van der Waals surface area (Å²) in [4.78, 5) is 38.3. The second-order valence-electron chi connectivity index (χ2n) is 4.79. The molecule has 1 aromatic carbocycles. The highest BCUT2D eigenvalue weighted by Crippen LogP contribution is 2.12. The molecule has 0 saturated carbocycles. The van der Waals surface area contributed by atoms with Gasteiger partial charge in [0.1, 0.15) is 6.54 Å². The summed E-state index contributed by atoms with van der Waals surface area (Å²) in [6.07, 6.45) is 0. The number of carbonyl (C=O) groups excluding carboxylic acids is 3. The van der Waals surface area contributed by atoms with Crippen LogP contribution in [0.3, 0.4) is 0 Å². The molecule has 0 spiro atoms. The quantitative estimate of drug-likeness (QED) is 0.598. The van der Waals surface area contributed by atoms with Crippen molar-refractivity contribution in [2.24, 2.45) is 0 Å². The van der Waals surface area contributed by atoms with E-state index in [0.29, 0.717) is 31.0 Å². The van der Waals surface area contributed by atoms with Crippen LogP contribution in [-0.4, -0.2) is 53.7 Å². The predicted octanol–water partition coefficient (Wildman–Crippen LogP) is -0.102. The molecule has 1 heterocycles. The maximum absolute atomic E-state index is 11.9. The standard InChI is InChI=1S/C14H18N4O3/c1-2-17-6-7-18(14(21)13(17)20)9-12(19)16-11-5-3-4-10(15)8-11/h3-5,8H,2,6-7,9,15H2,1H3,(H,16,19). The van der Waals surface area contributed by atoms with Gasteiger partial charge in [-0.05, 0) is 25.1 Å². The van der Waals surface area contributed by atoms with Crippen molar-refractivity contribution in [2.75, 3.05) is 37.2 Å². The second-order valence-corrected chi connectivity index (χ2v) is 4.79. The number of carbonyl (C=O) groups is 3. The number of nitrogens with two attached hydrogens (primary N) is 1. The third-order valence-electron chi connectivity index (χ3n) is 3.28. The molecule has 7 heteroatoms. The molecule has 3 amide bonds. The summed E-state index contributed by atoms with van der Waals surface area (Å²) in [7, 11) is 0. The molecule has 7 nitrogen and oxygen atoms in total. The summed E-state index contributed by atoms with van der Waals surface area (Å²) in [6, 6.07) is 6.76. The second kappa shape index (κ2) is 6.25. The summed E-state index contributed by atoms with van der Waals surface area (Å²) in [6.45, 7) is 2.98. The van der Waals surface area contributed by atoms with Crippen molar-refractivity contribution in [3.63, 3.8) is 0 Å². The van der Waals surface area contributed by atoms with Crippen LogP contribution in [0.4, 0.5) is 11.4 Å². The van der Waals surface area contributed by atoms with Gasteiger partial charge in [0, 0.05) is 31.0 Å². The SMILES string of the molecule is CCN1CCN(CC(=O)Nc2cccc(N)c2)C(=O)C1=O. The Bertz CT molecular complexity index is 573. The number of rotatable bonds is 4. The van der Waals surface area contributed by atoms with Crippen LogP contribution in [-0.2, 0) is 14.4 Å². The van der Waals surface area contributed by atoms with Gasteiger partial charge in [0.25, 0.3) is 0 Å². The highest BCUT2D eigenvalue weighted by atomic mass is 16.2. The van der Waals surface area contributed by atoms with Gasteiger partial charge in [-0.15, -0.1) is 0 Å². The fourth-order valence-electron chi connectivity index (χ4n) is 2.16. The van der Waals surface area contributed by atoms with Crippen LogP contribution in [0.1, 0.15) is 6.92 Å². The number of nitrogen functional groups attached to an aromatic ring is 1. The minimum absolute atomic E-state index is 0.142. The average molecular weight is 290 g/mol. The topological polar surface area (TPSA) is 95.7 Å². The first-order chi connectivity index (χ1) is 10.0. The number of amides is 3. The summed E-state index contributed by atoms with van der Waals surface area (Å²) >= 11 is 0. The zero-order chi connectivity index (χ0) is 15.4. The lowest BCUT2D eigenvalue weighted by Gasteiger charge is -2.32. The zero-order valence-corrected chi connectivity index (χ0v) is 11.8. The Morgan fingerprint density at radius 3 is 2.57 bits per heavy atom. The van der Waals surface area contributed by atoms with Crippen LogP contribution in [0, 0.1) is 0 Å². The van der Waals surface area contributed by atoms with Gasteiger partial charge in [-0.1, -0.05) is 6.07 Å². The molecule has 0 atom stereocenters. The number of anilines is 2. The number of nitrogens with one attached hydrogen (secondary N) is 1. The number of benzene rings is 1. The van der Waals surface area contributed by atoms with E-state index >= 15 is 0 Å². The molecular formula is C14H18N4O3. The van der Waals surface area contributed by atoms with Crippen molar-refractivity contribution < 1.29 is 14.4 Å². The van der Waals surface area contributed by atoms with Crippen molar-refractivity contribution in [1.29, 1.82) is 0 Å². The number of hydrogen-bond donors (Lipinski definition) is 2. The van der Waals surface area contributed by atoms with E-state index in [1.54, 1.807) is 24.3 Å². The van der Waals surface area contributed by atoms with Gasteiger partial charge in [-0.3, -0.25) is 14.4 Å². The maximum Gasteiger partial charge on any atom is 0.312 e. The van der Waals surface area contributed by atoms with Crippen LogP contribution in [0.15, 0.2) is 24.3 Å². The van der Waals surface area contributed by atoms with Crippen molar-refractivity contribution in [3.8, 4) is 0 Å². The average Bonchev–Trinajstić information content (AvgIpc) is 2.44. The third-order valence-corrected chi connectivity index (χ3v) is 3.28. The Hall–Kier alpha value is -2.57. The number of nitrogens with zero attached hydrogens (tertiary/aromatic N) is 2. The van der Waals surface area contributed by atoms with E-state index in [1.807, 2.05) is 6.92 Å². The van der Waals surface area contributed by atoms with Crippen LogP contribution in [0.2, 0.25) is 0 Å². The molecule has 2 rings (SSSR count). The molecule has 0 aliphatic carbocycles. The summed E-state index contributed by atoms with van der Waals surface area (Å²) in [5.41, 5.74) is 6.72. The van der Waals surface area contributed by atoms with Crippen molar-refractivity contribution >= 4 is 29.1 Å². The van der Waals surface area contributed by atoms with Crippen molar-refractivity contribution in [2.45, 2.75) is 6.92 Å². The van der Waals surface area contributed by atoms with Crippen molar-refractivity contribution in [3.05, 3.63) is 24.3 Å². The molecular weight excluding hydrogens is 272 g/mol. The molecule has 1 aromatic rings. The van der Waals surface area contributed by atoms with E-state index in [0.717, 1.165) is 0 Å². The van der Waals surface area contributed by atoms with Crippen molar-refractivity contribution in [1.82, 2.24) is 9.80 Å². The highest BCUT2D eigenvalue weighted by molar-refractivity contribution is 6.35. The summed E-state index contributed by atoms with van der Waals surface area (Å²) < 4.78 is 0. The molecule has 0 aromatic heterocycles. The number of hydrogen-bond acceptors (Lipinski definition) is 4. The Balaban J connectivity index is 1.94. The smallest absolute Gasteiger partial charge is 0.312 e. The number of piperazine rings is 1. The molecule has 0 bridgehead atoms. The lowest BCUT2D eigenvalue weighted by Crippen LogP contribution is -2.55. The minimum Gasteiger partial charge on any atom is -0.399 e. The lowest BCUT2D eigenvalue weighted by atomic mass is 10.2. The van der Waals surface area contributed by atoms with Crippen LogP contribution < -0.4 is 11.1 Å². The molecule has 1 aliphatic rings. The van der Waals surface area contributed by atoms with E-state index < -0.39 is 11.8 Å². The fraction of sp³-hybridized carbons (Fsp3) is 0.357. The largest absolute Gasteiger partial charge is 0.399 e. The van der Waals surface area contributed by atoms with Gasteiger partial charge in [0.15, 0.2) is 0 Å². The van der Waals surface area contributed by atoms with E-state index in [-0.39, 0.29) is 12.5 Å². The van der Waals surface area contributed by atoms with Gasteiger partial charge in [0.2, 0.25) is 5.91 Å². The molecule has 1 fully saturated rings. The normalized spacial score (nSPS) is 15.3. The van der Waals surface area contributed by atoms with E-state index in [1.165, 1.54) is 9.80 Å². The third kappa shape index (κ3) is 3.50. The van der Waals surface area contributed by atoms with Gasteiger partial charge in [-0.25, -0.2) is 0 Å². The molecule has 1 aliphatic heterocycles. The van der Waals surface area contributed by atoms with E-state index in [2.05, 4.69) is 5.32 Å². The summed E-state index contributed by atoms with van der Waals surface area (Å²) in [5, 5.41) is 2.65. The van der Waals surface area contributed by atoms with Gasteiger partial charge >= 0.3 is 11.8 Å². The van der Waals surface area contributed by atoms with Crippen LogP contribution in [0.25, 0.3) is 0 Å². The lowest BCUT2D eigenvalue weighted by molar-refractivity contribution is -0.156. The fourth-order valence-corrected chi connectivity index (χ4v) is 2.16. The maximum atomic E-state index is 11.9. The van der Waals surface area contributed by atoms with Crippen LogP contribution >= 0.6 is 0 Å². The minimum atomic E-state index is -0.633. The van der Waals surface area contributed by atoms with Gasteiger partial charge in [-0.2, -0.15) is 0 Å². The Morgan fingerprint density at radius 2 is 1.90 bits per heavy atom.